The third kappa shape index (κ3) is 11.3. The third-order valence-corrected chi connectivity index (χ3v) is 9.32. The fourth-order valence-electron chi connectivity index (χ4n) is 6.43. The number of piperazine rings is 1. The van der Waals surface area contributed by atoms with Crippen molar-refractivity contribution < 1.29 is 47.6 Å². The zero-order chi connectivity index (χ0) is 40.4. The molecule has 0 bridgehead atoms. The van der Waals surface area contributed by atoms with Crippen LogP contribution >= 0.6 is 0 Å². The fourth-order valence-corrected chi connectivity index (χ4v) is 6.43. The Kier molecular flexibility index (Phi) is 14.0. The number of methoxy groups -OCH3 is 1. The van der Waals surface area contributed by atoms with Crippen LogP contribution in [0.1, 0.15) is 106 Å². The van der Waals surface area contributed by atoms with E-state index in [4.69, 9.17) is 18.9 Å². The molecular weight excluding hydrogens is 731 g/mol. The van der Waals surface area contributed by atoms with Gasteiger partial charge in [-0.3, -0.25) is 9.69 Å². The Morgan fingerprint density at radius 3 is 2.41 bits per heavy atom. The summed E-state index contributed by atoms with van der Waals surface area (Å²) in [5.41, 5.74) is -0.472. The second-order valence-corrected chi connectivity index (χ2v) is 14.8. The number of rotatable bonds is 17. The van der Waals surface area contributed by atoms with Crippen LogP contribution in [0, 0.1) is 15.9 Å². The molecule has 16 heteroatoms. The Bertz CT molecular complexity index is 2000. The summed E-state index contributed by atoms with van der Waals surface area (Å²) in [5, 5.41) is 12.6. The zero-order valence-electron chi connectivity index (χ0n) is 32.2. The van der Waals surface area contributed by atoms with Crippen molar-refractivity contribution in [2.75, 3.05) is 40.0 Å². The molecule has 2 heterocycles. The van der Waals surface area contributed by atoms with Gasteiger partial charge < -0.3 is 33.7 Å². The van der Waals surface area contributed by atoms with Crippen LogP contribution in [0.4, 0.5) is 9.18 Å². The van der Waals surface area contributed by atoms with Crippen molar-refractivity contribution in [3.8, 4) is 11.5 Å². The number of nitrogens with one attached hydrogen (secondary N) is 1. The first-order valence-corrected chi connectivity index (χ1v) is 18.9. The highest BCUT2D eigenvalue weighted by Gasteiger charge is 2.35. The van der Waals surface area contributed by atoms with E-state index in [1.165, 1.54) is 36.4 Å². The molecule has 2 aromatic carbocycles. The Morgan fingerprint density at radius 2 is 1.73 bits per heavy atom. The summed E-state index contributed by atoms with van der Waals surface area (Å²) in [4.78, 5) is 68.6. The van der Waals surface area contributed by atoms with Crippen LogP contribution < -0.4 is 20.2 Å². The standard InChI is InChI=1S/C40H49FN4O11/c1-40(2,3)56-39(49)43-18-17-42-24-33(43)28-23-32-29(22-31(28)41)37(47)30(25-44(32)27-13-14-27)38(48)55-34-15-11-26(21-35(34)52-4)12-16-36(46)53-19-9-7-5-6-8-10-20-54-45(50)51/h11-12,15-16,21-23,25,27,33,42H,5-10,13-14,17-20,24H2,1-4H3. The quantitative estimate of drug-likeness (QED) is 0.0384. The lowest BCUT2D eigenvalue weighted by molar-refractivity contribution is -0.757. The molecule has 302 valence electrons. The Morgan fingerprint density at radius 1 is 1.02 bits per heavy atom. The highest BCUT2D eigenvalue weighted by Crippen LogP contribution is 2.39. The predicted molar refractivity (Wildman–Crippen MR) is 204 cm³/mol. The van der Waals surface area contributed by atoms with E-state index in [1.54, 1.807) is 43.5 Å². The lowest BCUT2D eigenvalue weighted by Crippen LogP contribution is -2.50. The van der Waals surface area contributed by atoms with Crippen molar-refractivity contribution in [3.63, 3.8) is 0 Å². The first-order valence-electron chi connectivity index (χ1n) is 18.9. The largest absolute Gasteiger partial charge is 0.493 e. The molecule has 5 rings (SSSR count). The number of halogens is 1. The number of unbranched alkanes of at least 4 members (excludes halogenated alkanes) is 5. The minimum atomic E-state index is -0.947. The third-order valence-electron chi connectivity index (χ3n) is 9.32. The maximum atomic E-state index is 16.0. The van der Waals surface area contributed by atoms with Crippen LogP contribution in [-0.2, 0) is 19.1 Å². The molecule has 56 heavy (non-hydrogen) atoms. The Balaban J connectivity index is 1.24. The normalized spacial score (nSPS) is 15.8. The smallest absolute Gasteiger partial charge is 0.410 e. The molecule has 2 aliphatic rings. The van der Waals surface area contributed by atoms with Crippen molar-refractivity contribution >= 4 is 35.0 Å². The van der Waals surface area contributed by atoms with E-state index in [9.17, 15) is 29.3 Å². The van der Waals surface area contributed by atoms with Crippen molar-refractivity contribution in [2.24, 2.45) is 0 Å². The Hall–Kier alpha value is -5.51. The number of hydrogen-bond acceptors (Lipinski definition) is 12. The first-order chi connectivity index (χ1) is 26.8. The number of nitrogens with zero attached hydrogens (tertiary/aromatic N) is 3. The van der Waals surface area contributed by atoms with E-state index in [2.05, 4.69) is 10.2 Å². The second-order valence-electron chi connectivity index (χ2n) is 14.8. The molecule has 1 saturated heterocycles. The minimum Gasteiger partial charge on any atom is -0.493 e. The van der Waals surface area contributed by atoms with Crippen LogP contribution in [-0.4, -0.2) is 78.1 Å². The lowest BCUT2D eigenvalue weighted by Gasteiger charge is -2.37. The van der Waals surface area contributed by atoms with Crippen LogP contribution in [0.5, 0.6) is 11.5 Å². The van der Waals surface area contributed by atoms with Gasteiger partial charge in [-0.2, -0.15) is 0 Å². The molecule has 1 aromatic heterocycles. The fraction of sp³-hybridized carbons (Fsp3) is 0.500. The van der Waals surface area contributed by atoms with Crippen molar-refractivity contribution in [2.45, 2.75) is 89.8 Å². The van der Waals surface area contributed by atoms with E-state index in [-0.39, 0.29) is 53.8 Å². The molecule has 1 N–H and O–H groups in total. The molecule has 0 spiro atoms. The summed E-state index contributed by atoms with van der Waals surface area (Å²) in [5.74, 6) is -1.95. The van der Waals surface area contributed by atoms with E-state index in [1.807, 2.05) is 0 Å². The summed E-state index contributed by atoms with van der Waals surface area (Å²) < 4.78 is 39.7. The number of aromatic nitrogens is 1. The molecule has 0 radical (unpaired) electrons. The lowest BCUT2D eigenvalue weighted by atomic mass is 9.99. The second kappa shape index (κ2) is 18.9. The van der Waals surface area contributed by atoms with Crippen molar-refractivity contribution in [1.29, 1.82) is 0 Å². The van der Waals surface area contributed by atoms with Gasteiger partial charge in [0.1, 0.15) is 17.0 Å². The number of pyridine rings is 1. The van der Waals surface area contributed by atoms with Gasteiger partial charge in [0.15, 0.2) is 11.5 Å². The van der Waals surface area contributed by atoms with Crippen LogP contribution in [0.3, 0.4) is 0 Å². The van der Waals surface area contributed by atoms with Gasteiger partial charge in [-0.1, -0.05) is 31.7 Å². The van der Waals surface area contributed by atoms with Gasteiger partial charge in [-0.15, -0.1) is 10.1 Å². The maximum absolute atomic E-state index is 16.0. The Labute approximate surface area is 323 Å². The summed E-state index contributed by atoms with van der Waals surface area (Å²) in [6.45, 7) is 6.75. The van der Waals surface area contributed by atoms with E-state index in [0.29, 0.717) is 37.0 Å². The molecule has 3 aromatic rings. The van der Waals surface area contributed by atoms with Crippen molar-refractivity contribution in [3.05, 3.63) is 85.4 Å². The summed E-state index contributed by atoms with van der Waals surface area (Å²) in [6.07, 6.45) is 10.1. The van der Waals surface area contributed by atoms with E-state index < -0.39 is 46.0 Å². The maximum Gasteiger partial charge on any atom is 0.410 e. The van der Waals surface area contributed by atoms with Gasteiger partial charge >= 0.3 is 18.0 Å². The monoisotopic (exact) mass is 780 g/mol. The molecule has 15 nitrogen and oxygen atoms in total. The van der Waals surface area contributed by atoms with Gasteiger partial charge in [0.05, 0.1) is 31.9 Å². The number of fused-ring (bicyclic) bond motifs is 1. The summed E-state index contributed by atoms with van der Waals surface area (Å²) >= 11 is 0. The summed E-state index contributed by atoms with van der Waals surface area (Å²) in [6, 6.07) is 6.66. The minimum absolute atomic E-state index is 0.0108. The van der Waals surface area contributed by atoms with Gasteiger partial charge in [0, 0.05) is 48.9 Å². The predicted octanol–water partition coefficient (Wildman–Crippen LogP) is 6.69. The highest BCUT2D eigenvalue weighted by atomic mass is 19.1. The average molecular weight is 781 g/mol. The zero-order valence-corrected chi connectivity index (χ0v) is 32.2. The molecular formula is C40H49FN4O11. The topological polar surface area (TPSA) is 178 Å². The van der Waals surface area contributed by atoms with Crippen molar-refractivity contribution in [1.82, 2.24) is 14.8 Å². The summed E-state index contributed by atoms with van der Waals surface area (Å²) in [7, 11) is 1.39. The van der Waals surface area contributed by atoms with Gasteiger partial charge in [-0.05, 0) is 82.4 Å². The number of carbonyl (C=O) groups excluding carboxylic acids is 3. The van der Waals surface area contributed by atoms with E-state index in [0.717, 1.165) is 44.6 Å². The molecule has 1 unspecified atom stereocenters. The van der Waals surface area contributed by atoms with Crippen LogP contribution in [0.15, 0.2) is 47.4 Å². The highest BCUT2D eigenvalue weighted by molar-refractivity contribution is 5.95. The molecule has 1 amide bonds. The number of ether oxygens (including phenoxy) is 4. The number of carbonyl (C=O) groups is 3. The number of amides is 1. The van der Waals surface area contributed by atoms with Crippen LogP contribution in [0.2, 0.25) is 0 Å². The van der Waals surface area contributed by atoms with Gasteiger partial charge in [0.2, 0.25) is 5.43 Å². The van der Waals surface area contributed by atoms with Gasteiger partial charge in [0.25, 0.3) is 5.09 Å². The molecule has 1 atom stereocenters. The number of esters is 2. The molecule has 1 saturated carbocycles. The number of benzene rings is 2. The SMILES string of the molecule is COc1cc(C=CC(=O)OCCCCCCCCO[N+](=O)[O-])ccc1OC(=O)c1cn(C2CC2)c2cc(C3CNCCN3C(=O)OC(C)(C)C)c(F)cc2c1=O. The van der Waals surface area contributed by atoms with E-state index >= 15 is 4.39 Å². The average Bonchev–Trinajstić information content (AvgIpc) is 4.00. The van der Waals surface area contributed by atoms with Crippen LogP contribution in [0.25, 0.3) is 17.0 Å². The van der Waals surface area contributed by atoms with Gasteiger partial charge in [-0.25, -0.2) is 18.8 Å². The molecule has 1 aliphatic heterocycles. The first kappa shape index (κ1) is 41.6. The number of hydrogen-bond donors (Lipinski definition) is 1. The molecule has 2 fully saturated rings. The molecule has 1 aliphatic carbocycles.